The fourth-order valence-electron chi connectivity index (χ4n) is 3.86. The smallest absolute Gasteiger partial charge is 0.191 e. The molecule has 0 aliphatic carbocycles. The summed E-state index contributed by atoms with van der Waals surface area (Å²) < 4.78 is 43.0. The first-order valence-electron chi connectivity index (χ1n) is 10.9. The topological polar surface area (TPSA) is 102 Å². The zero-order valence-corrected chi connectivity index (χ0v) is 19.7. The lowest BCUT2D eigenvalue weighted by Gasteiger charge is -2.33. The van der Waals surface area contributed by atoms with Gasteiger partial charge in [0.05, 0.1) is 44.6 Å². The summed E-state index contributed by atoms with van der Waals surface area (Å²) in [5.41, 5.74) is 1.68. The Balaban J connectivity index is 1.58. The minimum Gasteiger partial charge on any atom is -0.493 e. The van der Waals surface area contributed by atoms with Gasteiger partial charge < -0.3 is 19.7 Å². The maximum atomic E-state index is 15.5. The number of rotatable bonds is 7. The fourth-order valence-corrected chi connectivity index (χ4v) is 3.86. The van der Waals surface area contributed by atoms with Crippen LogP contribution in [0.3, 0.4) is 0 Å². The van der Waals surface area contributed by atoms with E-state index >= 15 is 8.78 Å². The molecule has 0 radical (unpaired) electrons. The first-order chi connectivity index (χ1) is 17.5. The minimum absolute atomic E-state index is 0.0534. The predicted octanol–water partition coefficient (Wildman–Crippen LogP) is 2.74. The van der Waals surface area contributed by atoms with E-state index in [1.807, 2.05) is 13.2 Å². The van der Waals surface area contributed by atoms with Gasteiger partial charge in [-0.05, 0) is 18.2 Å². The number of nitrogens with zero attached hydrogens (tertiary/aromatic N) is 7. The highest BCUT2D eigenvalue weighted by Crippen LogP contribution is 2.39. The molecule has 5 rings (SSSR count). The summed E-state index contributed by atoms with van der Waals surface area (Å²) in [5.74, 6) is -1.44. The Kier molecular flexibility index (Phi) is 6.15. The molecule has 0 spiro atoms. The molecule has 2 aliphatic rings. The average Bonchev–Trinajstić information content (AvgIpc) is 3.34. The van der Waals surface area contributed by atoms with Crippen LogP contribution in [0.15, 0.2) is 70.6 Å². The van der Waals surface area contributed by atoms with Crippen molar-refractivity contribution in [2.45, 2.75) is 12.7 Å². The molecule has 0 fully saturated rings. The van der Waals surface area contributed by atoms with E-state index in [9.17, 15) is 0 Å². The standard InChI is InChI=1S/C24H22F2N8O2/c1-33-12-14(10-30-33)16-11-29-15-5-6-20(32-24(15)31-16)34(13-19-27-7-4-8-28-19)23-21(25)17(35-2)9-18(36-3)22(23)26/h4-12,24,32H,13H2,1-3H3. The number of benzene rings is 1. The molecule has 0 amide bonds. The molecule has 1 N–H and O–H groups in total. The van der Waals surface area contributed by atoms with Crippen LogP contribution in [-0.4, -0.2) is 52.1 Å². The van der Waals surface area contributed by atoms with Gasteiger partial charge in [-0.3, -0.25) is 14.7 Å². The lowest BCUT2D eigenvalue weighted by molar-refractivity contribution is 0.358. The molecular formula is C24H22F2N8O2. The molecule has 2 aliphatic heterocycles. The van der Waals surface area contributed by atoms with Crippen LogP contribution in [0.1, 0.15) is 11.4 Å². The van der Waals surface area contributed by atoms with Gasteiger partial charge in [-0.1, -0.05) is 0 Å². The van der Waals surface area contributed by atoms with Crippen LogP contribution in [-0.2, 0) is 13.6 Å². The van der Waals surface area contributed by atoms with E-state index in [1.54, 1.807) is 47.7 Å². The third-order valence-electron chi connectivity index (χ3n) is 5.61. The molecule has 12 heteroatoms. The number of dihydropyridines is 1. The molecule has 10 nitrogen and oxygen atoms in total. The second kappa shape index (κ2) is 9.56. The molecule has 184 valence electrons. The Hall–Kier alpha value is -4.61. The van der Waals surface area contributed by atoms with Crippen molar-refractivity contribution in [1.29, 1.82) is 0 Å². The lowest BCUT2D eigenvalue weighted by Crippen LogP contribution is -2.41. The van der Waals surface area contributed by atoms with Gasteiger partial charge in [-0.2, -0.15) is 5.10 Å². The maximum absolute atomic E-state index is 15.5. The third-order valence-corrected chi connectivity index (χ3v) is 5.61. The molecule has 1 atom stereocenters. The number of allylic oxidation sites excluding steroid dienone is 2. The predicted molar refractivity (Wildman–Crippen MR) is 129 cm³/mol. The molecule has 0 saturated heterocycles. The highest BCUT2D eigenvalue weighted by Gasteiger charge is 2.31. The molecule has 0 bridgehead atoms. The number of ether oxygens (including phenoxy) is 2. The first kappa shape index (κ1) is 23.1. The van der Waals surface area contributed by atoms with Crippen molar-refractivity contribution in [2.75, 3.05) is 19.1 Å². The van der Waals surface area contributed by atoms with Gasteiger partial charge in [-0.15, -0.1) is 0 Å². The van der Waals surface area contributed by atoms with Gasteiger partial charge in [0.2, 0.25) is 0 Å². The molecule has 36 heavy (non-hydrogen) atoms. The number of aliphatic imine (C=N–C) groups is 2. The molecule has 0 saturated carbocycles. The lowest BCUT2D eigenvalue weighted by atomic mass is 10.1. The number of anilines is 1. The quantitative estimate of drug-likeness (QED) is 0.541. The largest absolute Gasteiger partial charge is 0.493 e. The summed E-state index contributed by atoms with van der Waals surface area (Å²) in [6.45, 7) is -0.0534. The van der Waals surface area contributed by atoms with Gasteiger partial charge in [0.25, 0.3) is 0 Å². The Morgan fingerprint density at radius 3 is 2.44 bits per heavy atom. The van der Waals surface area contributed by atoms with Crippen LogP contribution in [0.4, 0.5) is 14.5 Å². The summed E-state index contributed by atoms with van der Waals surface area (Å²) in [6.07, 6.45) is 11.1. The Morgan fingerprint density at radius 2 is 1.81 bits per heavy atom. The second-order valence-corrected chi connectivity index (χ2v) is 7.87. The molecule has 1 unspecified atom stereocenters. The number of aromatic nitrogens is 4. The average molecular weight is 492 g/mol. The Morgan fingerprint density at radius 1 is 1.08 bits per heavy atom. The van der Waals surface area contributed by atoms with Crippen molar-refractivity contribution in [1.82, 2.24) is 25.1 Å². The van der Waals surface area contributed by atoms with Gasteiger partial charge in [-0.25, -0.2) is 18.7 Å². The van der Waals surface area contributed by atoms with Gasteiger partial charge in [0, 0.05) is 37.3 Å². The number of aryl methyl sites for hydroxylation is 1. The molecular weight excluding hydrogens is 470 g/mol. The normalized spacial score (nSPS) is 16.4. The van der Waals surface area contributed by atoms with E-state index in [2.05, 4.69) is 25.4 Å². The van der Waals surface area contributed by atoms with E-state index in [1.165, 1.54) is 19.1 Å². The summed E-state index contributed by atoms with van der Waals surface area (Å²) in [4.78, 5) is 19.1. The first-order valence-corrected chi connectivity index (χ1v) is 10.9. The summed E-state index contributed by atoms with van der Waals surface area (Å²) in [5, 5.41) is 7.41. The fraction of sp³-hybridized carbons (Fsp3) is 0.208. The van der Waals surface area contributed by atoms with E-state index in [0.29, 0.717) is 23.1 Å². The van der Waals surface area contributed by atoms with Crippen molar-refractivity contribution < 1.29 is 18.3 Å². The zero-order valence-electron chi connectivity index (χ0n) is 19.7. The highest BCUT2D eigenvalue weighted by atomic mass is 19.1. The Labute approximate surface area is 205 Å². The van der Waals surface area contributed by atoms with Crippen molar-refractivity contribution in [3.8, 4) is 11.5 Å². The minimum atomic E-state index is -0.898. The SMILES string of the molecule is COc1cc(OC)c(F)c(N(Cc2ncccn2)C2=CC=C3N=CC(c4cnn(C)c4)=NC3N2)c1F. The third kappa shape index (κ3) is 4.28. The van der Waals surface area contributed by atoms with Crippen LogP contribution >= 0.6 is 0 Å². The van der Waals surface area contributed by atoms with Crippen LogP contribution < -0.4 is 19.7 Å². The van der Waals surface area contributed by atoms with Crippen molar-refractivity contribution in [3.05, 3.63) is 83.6 Å². The number of hydrogen-bond acceptors (Lipinski definition) is 9. The van der Waals surface area contributed by atoms with Crippen LogP contribution in [0.2, 0.25) is 0 Å². The van der Waals surface area contributed by atoms with Gasteiger partial charge in [0.15, 0.2) is 29.3 Å². The van der Waals surface area contributed by atoms with E-state index < -0.39 is 17.8 Å². The maximum Gasteiger partial charge on any atom is 0.191 e. The van der Waals surface area contributed by atoms with Crippen LogP contribution in [0.25, 0.3) is 0 Å². The number of methoxy groups -OCH3 is 2. The second-order valence-electron chi connectivity index (χ2n) is 7.87. The Bertz CT molecular complexity index is 1390. The van der Waals surface area contributed by atoms with E-state index in [4.69, 9.17) is 14.5 Å². The van der Waals surface area contributed by atoms with E-state index in [-0.39, 0.29) is 23.7 Å². The summed E-state index contributed by atoms with van der Waals surface area (Å²) in [6, 6.07) is 2.82. The molecule has 4 heterocycles. The molecule has 2 aromatic heterocycles. The number of nitrogens with one attached hydrogen (secondary N) is 1. The summed E-state index contributed by atoms with van der Waals surface area (Å²) in [7, 11) is 4.40. The van der Waals surface area contributed by atoms with Crippen LogP contribution in [0, 0.1) is 11.6 Å². The molecule has 3 aromatic rings. The van der Waals surface area contributed by atoms with Gasteiger partial charge >= 0.3 is 0 Å². The summed E-state index contributed by atoms with van der Waals surface area (Å²) >= 11 is 0. The van der Waals surface area contributed by atoms with E-state index in [0.717, 1.165) is 11.6 Å². The number of hydrogen-bond donors (Lipinski definition) is 1. The highest BCUT2D eigenvalue weighted by molar-refractivity contribution is 6.38. The van der Waals surface area contributed by atoms with Gasteiger partial charge in [0.1, 0.15) is 17.3 Å². The van der Waals surface area contributed by atoms with Crippen molar-refractivity contribution >= 4 is 17.6 Å². The monoisotopic (exact) mass is 492 g/mol. The zero-order chi connectivity index (χ0) is 25.2. The van der Waals surface area contributed by atoms with Crippen molar-refractivity contribution in [2.24, 2.45) is 17.0 Å². The number of halogens is 2. The van der Waals surface area contributed by atoms with Crippen LogP contribution in [0.5, 0.6) is 11.5 Å². The number of fused-ring (bicyclic) bond motifs is 1. The molecule has 1 aromatic carbocycles. The van der Waals surface area contributed by atoms with Crippen molar-refractivity contribution in [3.63, 3.8) is 0 Å².